The van der Waals surface area contributed by atoms with E-state index in [0.29, 0.717) is 12.8 Å². The minimum atomic E-state index is -0.229. The lowest BCUT2D eigenvalue weighted by molar-refractivity contribution is 0.656. The lowest BCUT2D eigenvalue weighted by atomic mass is 10.0. The minimum Gasteiger partial charge on any atom is -0.338 e. The van der Waals surface area contributed by atoms with Gasteiger partial charge >= 0.3 is 0 Å². The summed E-state index contributed by atoms with van der Waals surface area (Å²) in [5, 5.41) is 19.6. The zero-order valence-electron chi connectivity index (χ0n) is 18.7. The van der Waals surface area contributed by atoms with Crippen molar-refractivity contribution in [3.8, 4) is 11.1 Å². The number of nitrogens with zero attached hydrogens (tertiary/aromatic N) is 9. The van der Waals surface area contributed by atoms with Gasteiger partial charge in [-0.3, -0.25) is 9.67 Å². The number of fused-ring (bicyclic) bond motifs is 2. The molecule has 34 heavy (non-hydrogen) atoms. The average Bonchev–Trinajstić information content (AvgIpc) is 3.61. The van der Waals surface area contributed by atoms with Gasteiger partial charge in [-0.25, -0.2) is 4.98 Å². The van der Waals surface area contributed by atoms with Crippen LogP contribution in [-0.4, -0.2) is 44.1 Å². The molecular weight excluding hydrogens is 448 g/mol. The second kappa shape index (κ2) is 8.12. The molecule has 0 bridgehead atoms. The molecule has 5 heterocycles. The monoisotopic (exact) mass is 470 g/mol. The smallest absolute Gasteiger partial charge is 0.234 e. The number of rotatable bonds is 6. The van der Waals surface area contributed by atoms with Gasteiger partial charge < -0.3 is 10.3 Å². The Labute approximate surface area is 198 Å². The SMILES string of the molecule is Cn1cc(-c2cnc3ccc(Cc4nnc5sc([C@H](N)Cc6cncn6C)nn45)cc3c2)cn1. The number of imidazole rings is 1. The molecule has 0 saturated heterocycles. The third kappa shape index (κ3) is 3.74. The maximum Gasteiger partial charge on any atom is 0.234 e. The first kappa shape index (κ1) is 20.6. The molecular formula is C23H22N10S. The molecule has 0 saturated carbocycles. The maximum absolute atomic E-state index is 6.44. The van der Waals surface area contributed by atoms with Crippen molar-refractivity contribution in [3.05, 3.63) is 77.5 Å². The second-order valence-electron chi connectivity index (χ2n) is 8.39. The van der Waals surface area contributed by atoms with Crippen LogP contribution >= 0.6 is 11.3 Å². The van der Waals surface area contributed by atoms with Crippen molar-refractivity contribution in [2.75, 3.05) is 0 Å². The molecule has 0 fully saturated rings. The van der Waals surface area contributed by atoms with Crippen LogP contribution in [0, 0.1) is 0 Å². The molecule has 6 rings (SSSR count). The van der Waals surface area contributed by atoms with Gasteiger partial charge in [-0.05, 0) is 23.8 Å². The number of aryl methyl sites for hydroxylation is 2. The topological polar surface area (TPSA) is 118 Å². The Kier molecular flexibility index (Phi) is 4.93. The fourth-order valence-electron chi connectivity index (χ4n) is 4.03. The molecule has 11 heteroatoms. The lowest BCUT2D eigenvalue weighted by Gasteiger charge is -2.08. The van der Waals surface area contributed by atoms with E-state index in [1.807, 2.05) is 49.5 Å². The summed E-state index contributed by atoms with van der Waals surface area (Å²) in [5.41, 5.74) is 11.6. The largest absolute Gasteiger partial charge is 0.338 e. The van der Waals surface area contributed by atoms with Crippen LogP contribution in [0.1, 0.15) is 28.1 Å². The van der Waals surface area contributed by atoms with Crippen molar-refractivity contribution in [1.82, 2.24) is 44.1 Å². The molecule has 0 aliphatic rings. The standard InChI is InChI=1S/C23H22N10S/c1-31-13-25-11-18(31)8-19(24)22-30-33-21(28-29-23(33)34-22)6-14-3-4-20-15(5-14)7-16(9-26-20)17-10-27-32(2)12-17/h3-5,7,9-13,19H,6,8,24H2,1-2H3/t19-/m1/s1. The molecule has 0 unspecified atom stereocenters. The minimum absolute atomic E-state index is 0.229. The highest BCUT2D eigenvalue weighted by molar-refractivity contribution is 7.16. The Bertz CT molecular complexity index is 1620. The first-order valence-electron chi connectivity index (χ1n) is 10.8. The summed E-state index contributed by atoms with van der Waals surface area (Å²) in [7, 11) is 3.87. The van der Waals surface area contributed by atoms with Gasteiger partial charge in [0.05, 0.1) is 24.1 Å². The molecule has 0 radical (unpaired) electrons. The summed E-state index contributed by atoms with van der Waals surface area (Å²) in [4.78, 5) is 9.52. The average molecular weight is 471 g/mol. The summed E-state index contributed by atoms with van der Waals surface area (Å²) in [5.74, 6) is 0.779. The van der Waals surface area contributed by atoms with E-state index < -0.39 is 0 Å². The van der Waals surface area contributed by atoms with Crippen LogP contribution in [0.25, 0.3) is 27.0 Å². The molecule has 1 atom stereocenters. The van der Waals surface area contributed by atoms with Crippen LogP contribution in [-0.2, 0) is 26.9 Å². The maximum atomic E-state index is 6.44. The van der Waals surface area contributed by atoms with E-state index in [2.05, 4.69) is 43.5 Å². The molecule has 5 aromatic heterocycles. The molecule has 6 aromatic rings. The van der Waals surface area contributed by atoms with E-state index in [-0.39, 0.29) is 6.04 Å². The first-order chi connectivity index (χ1) is 16.5. The summed E-state index contributed by atoms with van der Waals surface area (Å²) < 4.78 is 5.56. The normalized spacial score (nSPS) is 12.7. The van der Waals surface area contributed by atoms with Gasteiger partial charge in [-0.2, -0.15) is 14.7 Å². The van der Waals surface area contributed by atoms with Crippen LogP contribution in [0.5, 0.6) is 0 Å². The number of pyridine rings is 1. The number of aromatic nitrogens is 9. The zero-order valence-corrected chi connectivity index (χ0v) is 19.5. The Morgan fingerprint density at radius 2 is 1.97 bits per heavy atom. The van der Waals surface area contributed by atoms with E-state index in [1.165, 1.54) is 11.3 Å². The quantitative estimate of drug-likeness (QED) is 0.398. The van der Waals surface area contributed by atoms with Crippen LogP contribution < -0.4 is 5.73 Å². The van der Waals surface area contributed by atoms with Crippen LogP contribution in [0.15, 0.2) is 55.4 Å². The Morgan fingerprint density at radius 1 is 1.06 bits per heavy atom. The molecule has 10 nitrogen and oxygen atoms in total. The van der Waals surface area contributed by atoms with E-state index in [1.54, 1.807) is 15.5 Å². The van der Waals surface area contributed by atoms with E-state index in [0.717, 1.165) is 49.1 Å². The van der Waals surface area contributed by atoms with Gasteiger partial charge in [0.15, 0.2) is 5.82 Å². The Balaban J connectivity index is 1.27. The molecule has 0 aliphatic carbocycles. The van der Waals surface area contributed by atoms with Crippen molar-refractivity contribution >= 4 is 27.2 Å². The van der Waals surface area contributed by atoms with Crippen molar-refractivity contribution in [1.29, 1.82) is 0 Å². The van der Waals surface area contributed by atoms with E-state index >= 15 is 0 Å². The van der Waals surface area contributed by atoms with Crippen LogP contribution in [0.4, 0.5) is 0 Å². The molecule has 2 N–H and O–H groups in total. The summed E-state index contributed by atoms with van der Waals surface area (Å²) in [6, 6.07) is 8.16. The summed E-state index contributed by atoms with van der Waals surface area (Å²) in [6.07, 6.45) is 10.6. The van der Waals surface area contributed by atoms with Crippen molar-refractivity contribution in [3.63, 3.8) is 0 Å². The lowest BCUT2D eigenvalue weighted by Crippen LogP contribution is -2.15. The fraction of sp³-hybridized carbons (Fsp3) is 0.217. The molecule has 0 amide bonds. The van der Waals surface area contributed by atoms with Gasteiger partial charge in [-0.1, -0.05) is 17.4 Å². The van der Waals surface area contributed by atoms with E-state index in [9.17, 15) is 0 Å². The molecule has 170 valence electrons. The Hall–Kier alpha value is -3.96. The van der Waals surface area contributed by atoms with Gasteiger partial charge in [0, 0.05) is 67.7 Å². The Morgan fingerprint density at radius 3 is 2.76 bits per heavy atom. The van der Waals surface area contributed by atoms with Crippen molar-refractivity contribution in [2.45, 2.75) is 18.9 Å². The third-order valence-electron chi connectivity index (χ3n) is 5.88. The summed E-state index contributed by atoms with van der Waals surface area (Å²) >= 11 is 1.47. The molecule has 0 spiro atoms. The highest BCUT2D eigenvalue weighted by atomic mass is 32.1. The van der Waals surface area contributed by atoms with Gasteiger partial charge in [0.1, 0.15) is 5.01 Å². The highest BCUT2D eigenvalue weighted by Crippen LogP contribution is 2.25. The highest BCUT2D eigenvalue weighted by Gasteiger charge is 2.18. The number of nitrogens with two attached hydrogens (primary N) is 1. The summed E-state index contributed by atoms with van der Waals surface area (Å²) in [6.45, 7) is 0. The van der Waals surface area contributed by atoms with Crippen LogP contribution in [0.3, 0.4) is 0 Å². The zero-order chi connectivity index (χ0) is 23.2. The predicted molar refractivity (Wildman–Crippen MR) is 129 cm³/mol. The molecule has 1 aromatic carbocycles. The fourth-order valence-corrected chi connectivity index (χ4v) is 4.89. The van der Waals surface area contributed by atoms with Crippen molar-refractivity contribution < 1.29 is 0 Å². The first-order valence-corrected chi connectivity index (χ1v) is 11.6. The molecule has 0 aliphatic heterocycles. The van der Waals surface area contributed by atoms with Crippen molar-refractivity contribution in [2.24, 2.45) is 19.8 Å². The van der Waals surface area contributed by atoms with Crippen LogP contribution in [0.2, 0.25) is 0 Å². The third-order valence-corrected chi connectivity index (χ3v) is 6.91. The second-order valence-corrected chi connectivity index (χ2v) is 9.38. The van der Waals surface area contributed by atoms with Gasteiger partial charge in [0.25, 0.3) is 0 Å². The number of hydrogen-bond acceptors (Lipinski definition) is 8. The predicted octanol–water partition coefficient (Wildman–Crippen LogP) is 2.70. The number of hydrogen-bond donors (Lipinski definition) is 1. The number of benzene rings is 1. The van der Waals surface area contributed by atoms with E-state index in [4.69, 9.17) is 10.8 Å². The van der Waals surface area contributed by atoms with Gasteiger partial charge in [0.2, 0.25) is 4.96 Å². The van der Waals surface area contributed by atoms with Gasteiger partial charge in [-0.15, -0.1) is 10.2 Å².